The highest BCUT2D eigenvalue weighted by molar-refractivity contribution is 5.77. The Bertz CT molecular complexity index is 502. The average Bonchev–Trinajstić information content (AvgIpc) is 2.60. The van der Waals surface area contributed by atoms with E-state index in [1.807, 2.05) is 0 Å². The third kappa shape index (κ3) is 2.09. The molecule has 1 aromatic carbocycles. The van der Waals surface area contributed by atoms with E-state index in [9.17, 15) is 0 Å². The molecule has 1 atom stereocenters. The summed E-state index contributed by atoms with van der Waals surface area (Å²) in [4.78, 5) is 4.50. The monoisotopic (exact) mass is 218 g/mol. The summed E-state index contributed by atoms with van der Waals surface area (Å²) in [5.74, 6) is 1.20. The quantitative estimate of drug-likeness (QED) is 0.861. The number of hydrogen-bond acceptors (Lipinski definition) is 3. The van der Waals surface area contributed by atoms with Crippen molar-refractivity contribution in [2.45, 2.75) is 27.2 Å². The van der Waals surface area contributed by atoms with Gasteiger partial charge in [0.05, 0.1) is 0 Å². The Kier molecular flexibility index (Phi) is 2.97. The molecule has 0 spiro atoms. The van der Waals surface area contributed by atoms with E-state index in [0.29, 0.717) is 12.5 Å². The lowest BCUT2D eigenvalue weighted by atomic mass is 10.1. The van der Waals surface area contributed by atoms with Gasteiger partial charge in [-0.05, 0) is 43.5 Å². The molecule has 0 fully saturated rings. The van der Waals surface area contributed by atoms with Crippen LogP contribution in [0.1, 0.15) is 23.9 Å². The first-order valence-electron chi connectivity index (χ1n) is 5.67. The fourth-order valence-corrected chi connectivity index (χ4v) is 1.89. The number of oxazole rings is 1. The van der Waals surface area contributed by atoms with Crippen LogP contribution in [0.2, 0.25) is 0 Å². The maximum atomic E-state index is 5.76. The number of benzene rings is 1. The highest BCUT2D eigenvalue weighted by Gasteiger charge is 2.11. The van der Waals surface area contributed by atoms with Gasteiger partial charge in [-0.2, -0.15) is 0 Å². The van der Waals surface area contributed by atoms with Crippen molar-refractivity contribution in [2.75, 3.05) is 6.54 Å². The highest BCUT2D eigenvalue weighted by Crippen LogP contribution is 2.22. The van der Waals surface area contributed by atoms with E-state index in [-0.39, 0.29) is 0 Å². The van der Waals surface area contributed by atoms with Crippen molar-refractivity contribution in [1.82, 2.24) is 4.98 Å². The lowest BCUT2D eigenvalue weighted by Crippen LogP contribution is -2.13. The van der Waals surface area contributed by atoms with Crippen LogP contribution in [-0.2, 0) is 6.42 Å². The molecule has 0 aliphatic heterocycles. The molecule has 1 unspecified atom stereocenters. The van der Waals surface area contributed by atoms with Crippen molar-refractivity contribution in [3.8, 4) is 0 Å². The standard InChI is InChI=1S/C13H18N2O/c1-8-4-10(3)13-11(5-8)15-12(16-13)6-9(2)7-14/h4-5,9H,6-7,14H2,1-3H3. The van der Waals surface area contributed by atoms with E-state index in [0.717, 1.165) is 29.0 Å². The predicted molar refractivity (Wildman–Crippen MR) is 65.4 cm³/mol. The largest absolute Gasteiger partial charge is 0.440 e. The van der Waals surface area contributed by atoms with E-state index in [4.69, 9.17) is 10.2 Å². The zero-order valence-electron chi connectivity index (χ0n) is 10.1. The summed E-state index contributed by atoms with van der Waals surface area (Å²) in [7, 11) is 0. The summed E-state index contributed by atoms with van der Waals surface area (Å²) in [5.41, 5.74) is 9.83. The molecule has 0 saturated heterocycles. The highest BCUT2D eigenvalue weighted by atomic mass is 16.3. The van der Waals surface area contributed by atoms with E-state index < -0.39 is 0 Å². The van der Waals surface area contributed by atoms with Gasteiger partial charge in [0.1, 0.15) is 5.52 Å². The molecule has 2 rings (SSSR count). The Balaban J connectivity index is 2.40. The lowest BCUT2D eigenvalue weighted by Gasteiger charge is -2.02. The summed E-state index contributed by atoms with van der Waals surface area (Å²) >= 11 is 0. The number of hydrogen-bond donors (Lipinski definition) is 1. The predicted octanol–water partition coefficient (Wildman–Crippen LogP) is 2.58. The molecule has 2 N–H and O–H groups in total. The van der Waals surface area contributed by atoms with Crippen molar-refractivity contribution in [3.63, 3.8) is 0 Å². The van der Waals surface area contributed by atoms with Crippen molar-refractivity contribution < 1.29 is 4.42 Å². The maximum absolute atomic E-state index is 5.76. The van der Waals surface area contributed by atoms with Crippen LogP contribution in [0.3, 0.4) is 0 Å². The fraction of sp³-hybridized carbons (Fsp3) is 0.462. The average molecular weight is 218 g/mol. The third-order valence-electron chi connectivity index (χ3n) is 2.79. The molecule has 2 aromatic rings. The summed E-state index contributed by atoms with van der Waals surface area (Å²) in [6, 6.07) is 4.17. The van der Waals surface area contributed by atoms with Crippen LogP contribution >= 0.6 is 0 Å². The van der Waals surface area contributed by atoms with Gasteiger partial charge in [0.2, 0.25) is 0 Å². The van der Waals surface area contributed by atoms with Gasteiger partial charge >= 0.3 is 0 Å². The zero-order valence-corrected chi connectivity index (χ0v) is 10.1. The summed E-state index contributed by atoms with van der Waals surface area (Å²) in [5, 5.41) is 0. The normalized spacial score (nSPS) is 13.2. The van der Waals surface area contributed by atoms with Crippen LogP contribution in [0.4, 0.5) is 0 Å². The van der Waals surface area contributed by atoms with Gasteiger partial charge < -0.3 is 10.2 Å². The molecule has 0 amide bonds. The van der Waals surface area contributed by atoms with Crippen molar-refractivity contribution >= 4 is 11.1 Å². The van der Waals surface area contributed by atoms with Gasteiger partial charge in [0.15, 0.2) is 11.5 Å². The first-order valence-corrected chi connectivity index (χ1v) is 5.67. The van der Waals surface area contributed by atoms with Crippen molar-refractivity contribution in [1.29, 1.82) is 0 Å². The number of aryl methyl sites for hydroxylation is 2. The Morgan fingerprint density at radius 2 is 2.12 bits per heavy atom. The van der Waals surface area contributed by atoms with Crippen LogP contribution in [0.25, 0.3) is 11.1 Å². The molecule has 1 aromatic heterocycles. The van der Waals surface area contributed by atoms with Gasteiger partial charge in [-0.25, -0.2) is 4.98 Å². The number of nitrogens with zero attached hydrogens (tertiary/aromatic N) is 1. The lowest BCUT2D eigenvalue weighted by molar-refractivity contribution is 0.467. The number of nitrogens with two attached hydrogens (primary N) is 1. The molecule has 0 saturated carbocycles. The molecule has 0 radical (unpaired) electrons. The van der Waals surface area contributed by atoms with Crippen LogP contribution in [0, 0.1) is 19.8 Å². The number of aromatic nitrogens is 1. The minimum absolute atomic E-state index is 0.412. The first kappa shape index (κ1) is 11.1. The van der Waals surface area contributed by atoms with Gasteiger partial charge in [-0.3, -0.25) is 0 Å². The Morgan fingerprint density at radius 3 is 2.81 bits per heavy atom. The zero-order chi connectivity index (χ0) is 11.7. The van der Waals surface area contributed by atoms with Gasteiger partial charge in [-0.15, -0.1) is 0 Å². The minimum atomic E-state index is 0.412. The molecule has 0 aliphatic carbocycles. The van der Waals surface area contributed by atoms with Crippen molar-refractivity contribution in [3.05, 3.63) is 29.2 Å². The van der Waals surface area contributed by atoms with Crippen LogP contribution < -0.4 is 5.73 Å². The second kappa shape index (κ2) is 4.26. The van der Waals surface area contributed by atoms with E-state index in [2.05, 4.69) is 37.9 Å². The molecule has 0 bridgehead atoms. The fourth-order valence-electron chi connectivity index (χ4n) is 1.89. The SMILES string of the molecule is Cc1cc(C)c2oc(CC(C)CN)nc2c1. The number of fused-ring (bicyclic) bond motifs is 1. The second-order valence-electron chi connectivity index (χ2n) is 4.58. The molecular weight excluding hydrogens is 200 g/mol. The summed E-state index contributed by atoms with van der Waals surface area (Å²) < 4.78 is 5.76. The molecule has 3 nitrogen and oxygen atoms in total. The Morgan fingerprint density at radius 1 is 1.38 bits per heavy atom. The van der Waals surface area contributed by atoms with Crippen LogP contribution in [0.5, 0.6) is 0 Å². The molecule has 16 heavy (non-hydrogen) atoms. The van der Waals surface area contributed by atoms with E-state index in [1.165, 1.54) is 5.56 Å². The smallest absolute Gasteiger partial charge is 0.195 e. The number of rotatable bonds is 3. The summed E-state index contributed by atoms with van der Waals surface area (Å²) in [6.07, 6.45) is 0.809. The third-order valence-corrected chi connectivity index (χ3v) is 2.79. The van der Waals surface area contributed by atoms with Crippen molar-refractivity contribution in [2.24, 2.45) is 11.7 Å². The van der Waals surface area contributed by atoms with E-state index in [1.54, 1.807) is 0 Å². The van der Waals surface area contributed by atoms with Crippen LogP contribution in [0.15, 0.2) is 16.5 Å². The molecule has 1 heterocycles. The Labute approximate surface area is 95.7 Å². The summed E-state index contributed by atoms with van der Waals surface area (Å²) in [6.45, 7) is 6.89. The first-order chi connectivity index (χ1) is 7.60. The molecular formula is C13H18N2O. The van der Waals surface area contributed by atoms with Gasteiger partial charge in [-0.1, -0.05) is 13.0 Å². The molecule has 86 valence electrons. The topological polar surface area (TPSA) is 52.0 Å². The van der Waals surface area contributed by atoms with E-state index >= 15 is 0 Å². The van der Waals surface area contributed by atoms with Crippen LogP contribution in [-0.4, -0.2) is 11.5 Å². The maximum Gasteiger partial charge on any atom is 0.195 e. The van der Waals surface area contributed by atoms with Gasteiger partial charge in [0, 0.05) is 6.42 Å². The Hall–Kier alpha value is -1.35. The van der Waals surface area contributed by atoms with Gasteiger partial charge in [0.25, 0.3) is 0 Å². The molecule has 3 heteroatoms. The minimum Gasteiger partial charge on any atom is -0.440 e. The molecule has 0 aliphatic rings. The second-order valence-corrected chi connectivity index (χ2v) is 4.58.